The van der Waals surface area contributed by atoms with Gasteiger partial charge in [-0.3, -0.25) is 0 Å². The van der Waals surface area contributed by atoms with E-state index in [4.69, 9.17) is 4.42 Å². The molecule has 0 saturated heterocycles. The molecule has 11 rings (SSSR count). The summed E-state index contributed by atoms with van der Waals surface area (Å²) in [5.74, 6) is 0.517. The maximum atomic E-state index is 6.74. The number of hydrogen-bond donors (Lipinski definition) is 0. The van der Waals surface area contributed by atoms with E-state index in [-0.39, 0.29) is 10.8 Å². The van der Waals surface area contributed by atoms with Crippen molar-refractivity contribution in [1.29, 1.82) is 0 Å². The maximum absolute atomic E-state index is 6.74. The summed E-state index contributed by atoms with van der Waals surface area (Å²) in [7, 11) is 0. The van der Waals surface area contributed by atoms with Gasteiger partial charge in [-0.05, 0) is 152 Å². The van der Waals surface area contributed by atoms with Gasteiger partial charge in [-0.15, -0.1) is 0 Å². The second-order valence-electron chi connectivity index (χ2n) is 17.1. The van der Waals surface area contributed by atoms with Crippen LogP contribution in [0.25, 0.3) is 65.7 Å². The van der Waals surface area contributed by atoms with Crippen LogP contribution in [-0.2, 0) is 10.8 Å². The number of furan rings is 1. The molecule has 7 aromatic carbocycles. The molecule has 0 aliphatic heterocycles. The number of allylic oxidation sites excluding steroid dienone is 3. The third kappa shape index (κ3) is 4.28. The summed E-state index contributed by atoms with van der Waals surface area (Å²) in [4.78, 5) is 2.41. The molecule has 0 bridgehead atoms. The second kappa shape index (κ2) is 10.9. The summed E-state index contributed by atoms with van der Waals surface area (Å²) in [6.45, 7) is 14.0. The molecule has 0 amide bonds. The first-order valence-corrected chi connectivity index (χ1v) is 19.5. The molecule has 0 spiro atoms. The van der Waals surface area contributed by atoms with E-state index in [1.807, 2.05) is 0 Å². The van der Waals surface area contributed by atoms with E-state index < -0.39 is 0 Å². The van der Waals surface area contributed by atoms with Gasteiger partial charge in [0.05, 0.1) is 5.69 Å². The summed E-state index contributed by atoms with van der Waals surface area (Å²) < 4.78 is 6.74. The highest BCUT2D eigenvalue weighted by Gasteiger charge is 2.42. The minimum atomic E-state index is -0.143. The zero-order valence-electron chi connectivity index (χ0n) is 31.8. The number of rotatable bonds is 3. The second-order valence-corrected chi connectivity index (χ2v) is 17.1. The Morgan fingerprint density at radius 2 is 1.15 bits per heavy atom. The first kappa shape index (κ1) is 31.6. The standard InChI is InChI=1S/C52H43NO/c1-30-17-20-36(21-18-30)53(48-16-10-15-39-38-14-9-11-31(2)49(38)54-50(39)48)37-22-19-34-25-41-43-29-46-42(28-47(43)52(5,6)45(41)27-35(34)23-37)40-24-32-12-7-8-13-33(32)26-44(40)51(46,3)4/h7-17,19-30H,18H2,1-6H3. The summed E-state index contributed by atoms with van der Waals surface area (Å²) in [6, 6.07) is 43.6. The van der Waals surface area contributed by atoms with Crippen LogP contribution in [-0.4, -0.2) is 0 Å². The van der Waals surface area contributed by atoms with E-state index >= 15 is 0 Å². The number of nitrogens with zero attached hydrogens (tertiary/aromatic N) is 1. The molecule has 8 aromatic rings. The number of para-hydroxylation sites is 2. The van der Waals surface area contributed by atoms with E-state index in [9.17, 15) is 0 Å². The highest BCUT2D eigenvalue weighted by molar-refractivity contribution is 6.11. The van der Waals surface area contributed by atoms with Crippen LogP contribution >= 0.6 is 0 Å². The molecule has 0 radical (unpaired) electrons. The predicted octanol–water partition coefficient (Wildman–Crippen LogP) is 14.4. The van der Waals surface area contributed by atoms with Crippen molar-refractivity contribution in [3.05, 3.63) is 167 Å². The van der Waals surface area contributed by atoms with Crippen LogP contribution < -0.4 is 4.90 Å². The Morgan fingerprint density at radius 3 is 1.81 bits per heavy atom. The normalized spacial score (nSPS) is 17.5. The van der Waals surface area contributed by atoms with Gasteiger partial charge >= 0.3 is 0 Å². The molecule has 2 nitrogen and oxygen atoms in total. The van der Waals surface area contributed by atoms with Crippen molar-refractivity contribution in [2.45, 2.75) is 58.8 Å². The fraction of sp³-hybridized carbons (Fsp3) is 0.192. The van der Waals surface area contributed by atoms with Gasteiger partial charge < -0.3 is 9.32 Å². The van der Waals surface area contributed by atoms with Gasteiger partial charge in [-0.1, -0.05) is 107 Å². The smallest absolute Gasteiger partial charge is 0.159 e. The van der Waals surface area contributed by atoms with E-state index in [1.165, 1.54) is 71.7 Å². The number of anilines is 2. The van der Waals surface area contributed by atoms with Gasteiger partial charge in [0, 0.05) is 33.0 Å². The topological polar surface area (TPSA) is 16.4 Å². The Morgan fingerprint density at radius 1 is 0.574 bits per heavy atom. The SMILES string of the molecule is Cc1cccc2c1oc1c(N(C3=CCC(C)C=C3)c3ccc4cc5c(cc4c3)C(C)(C)c3cc4c(cc3-5)C(C)(C)c3cc5ccccc5cc3-4)cccc12. The number of fused-ring (bicyclic) bond motifs is 11. The largest absolute Gasteiger partial charge is 0.454 e. The highest BCUT2D eigenvalue weighted by Crippen LogP contribution is 2.57. The molecule has 262 valence electrons. The minimum Gasteiger partial charge on any atom is -0.454 e. The van der Waals surface area contributed by atoms with Crippen LogP contribution in [0.1, 0.15) is 68.9 Å². The predicted molar refractivity (Wildman–Crippen MR) is 228 cm³/mol. The number of hydrogen-bond acceptors (Lipinski definition) is 2. The lowest BCUT2D eigenvalue weighted by atomic mass is 9.79. The van der Waals surface area contributed by atoms with Crippen LogP contribution in [0.4, 0.5) is 11.4 Å². The Kier molecular flexibility index (Phi) is 6.36. The summed E-state index contributed by atoms with van der Waals surface area (Å²) in [6.07, 6.45) is 8.01. The van der Waals surface area contributed by atoms with Crippen molar-refractivity contribution < 1.29 is 4.42 Å². The lowest BCUT2D eigenvalue weighted by Crippen LogP contribution is -2.17. The lowest BCUT2D eigenvalue weighted by Gasteiger charge is -2.29. The molecule has 1 unspecified atom stereocenters. The van der Waals surface area contributed by atoms with Crippen LogP contribution in [0.2, 0.25) is 0 Å². The Bertz CT molecular complexity index is 3000. The van der Waals surface area contributed by atoms with E-state index in [2.05, 4.69) is 180 Å². The first-order valence-electron chi connectivity index (χ1n) is 19.5. The van der Waals surface area contributed by atoms with E-state index in [0.29, 0.717) is 5.92 Å². The fourth-order valence-corrected chi connectivity index (χ4v) is 9.95. The van der Waals surface area contributed by atoms with Crippen LogP contribution in [0.3, 0.4) is 0 Å². The van der Waals surface area contributed by atoms with Crippen molar-refractivity contribution in [2.75, 3.05) is 4.90 Å². The van der Waals surface area contributed by atoms with Crippen LogP contribution in [0, 0.1) is 12.8 Å². The zero-order chi connectivity index (χ0) is 36.7. The molecule has 0 saturated carbocycles. The monoisotopic (exact) mass is 697 g/mol. The fourth-order valence-electron chi connectivity index (χ4n) is 9.95. The molecular weight excluding hydrogens is 655 g/mol. The molecule has 54 heavy (non-hydrogen) atoms. The van der Waals surface area contributed by atoms with Crippen molar-refractivity contribution >= 4 is 54.9 Å². The third-order valence-electron chi connectivity index (χ3n) is 13.0. The average Bonchev–Trinajstić information content (AvgIpc) is 3.74. The van der Waals surface area contributed by atoms with Gasteiger partial charge in [0.15, 0.2) is 5.58 Å². The Labute approximate surface area is 317 Å². The van der Waals surface area contributed by atoms with Gasteiger partial charge in [-0.25, -0.2) is 0 Å². The maximum Gasteiger partial charge on any atom is 0.159 e. The van der Waals surface area contributed by atoms with E-state index in [0.717, 1.165) is 45.3 Å². The molecule has 3 aliphatic carbocycles. The molecule has 0 fully saturated rings. The molecule has 1 aromatic heterocycles. The van der Waals surface area contributed by atoms with Crippen molar-refractivity contribution in [3.63, 3.8) is 0 Å². The number of benzene rings is 7. The van der Waals surface area contributed by atoms with Crippen molar-refractivity contribution in [1.82, 2.24) is 0 Å². The molecule has 0 N–H and O–H groups in total. The third-order valence-corrected chi connectivity index (χ3v) is 13.0. The van der Waals surface area contributed by atoms with Crippen molar-refractivity contribution in [3.8, 4) is 22.3 Å². The minimum absolute atomic E-state index is 0.0761. The number of aryl methyl sites for hydroxylation is 1. The molecule has 1 heterocycles. The Balaban J connectivity index is 1.07. The van der Waals surface area contributed by atoms with Gasteiger partial charge in [0.1, 0.15) is 5.58 Å². The molecular formula is C52H43NO. The average molecular weight is 698 g/mol. The summed E-state index contributed by atoms with van der Waals surface area (Å²) in [5, 5.41) is 7.44. The van der Waals surface area contributed by atoms with Crippen LogP contribution in [0.5, 0.6) is 0 Å². The quantitative estimate of drug-likeness (QED) is 0.183. The van der Waals surface area contributed by atoms with Gasteiger partial charge in [0.25, 0.3) is 0 Å². The zero-order valence-corrected chi connectivity index (χ0v) is 31.8. The van der Waals surface area contributed by atoms with Gasteiger partial charge in [0.2, 0.25) is 0 Å². The highest BCUT2D eigenvalue weighted by atomic mass is 16.3. The first-order chi connectivity index (χ1) is 26.1. The summed E-state index contributed by atoms with van der Waals surface area (Å²) in [5.41, 5.74) is 17.4. The van der Waals surface area contributed by atoms with E-state index in [1.54, 1.807) is 0 Å². The van der Waals surface area contributed by atoms with Crippen LogP contribution in [0.15, 0.2) is 144 Å². The molecule has 3 aliphatic rings. The summed E-state index contributed by atoms with van der Waals surface area (Å²) >= 11 is 0. The van der Waals surface area contributed by atoms with Gasteiger partial charge in [-0.2, -0.15) is 0 Å². The lowest BCUT2D eigenvalue weighted by molar-refractivity contribution is 0.653. The Hall–Kier alpha value is -5.86. The van der Waals surface area contributed by atoms with Crippen molar-refractivity contribution in [2.24, 2.45) is 5.92 Å². The molecule has 1 atom stereocenters. The molecule has 2 heteroatoms.